The van der Waals surface area contributed by atoms with Crippen molar-refractivity contribution in [2.45, 2.75) is 0 Å². The lowest BCUT2D eigenvalue weighted by atomic mass is 10.3. The molecular formula is C13H10BrCl2N3O. The molecule has 2 aromatic rings. The smallest absolute Gasteiger partial charge is 0.275 e. The Morgan fingerprint density at radius 2 is 2.00 bits per heavy atom. The van der Waals surface area contributed by atoms with Crippen molar-refractivity contribution in [2.75, 3.05) is 17.7 Å². The normalized spacial score (nSPS) is 10.2. The molecule has 7 heteroatoms. The molecule has 1 aromatic carbocycles. The van der Waals surface area contributed by atoms with Crippen molar-refractivity contribution in [1.82, 2.24) is 4.98 Å². The number of halogens is 3. The van der Waals surface area contributed by atoms with E-state index in [0.717, 1.165) is 0 Å². The van der Waals surface area contributed by atoms with Gasteiger partial charge in [-0.2, -0.15) is 0 Å². The second-order valence-electron chi connectivity index (χ2n) is 3.86. The van der Waals surface area contributed by atoms with Gasteiger partial charge in [0.05, 0.1) is 10.7 Å². The molecule has 0 bridgehead atoms. The summed E-state index contributed by atoms with van der Waals surface area (Å²) in [6.07, 6.45) is 0. The zero-order chi connectivity index (χ0) is 14.7. The van der Waals surface area contributed by atoms with E-state index in [1.807, 2.05) is 0 Å². The average Bonchev–Trinajstić information content (AvgIpc) is 2.42. The topological polar surface area (TPSA) is 54.0 Å². The van der Waals surface area contributed by atoms with Gasteiger partial charge in [0.1, 0.15) is 11.5 Å². The van der Waals surface area contributed by atoms with Crippen LogP contribution in [-0.4, -0.2) is 17.9 Å². The van der Waals surface area contributed by atoms with Gasteiger partial charge in [-0.15, -0.1) is 0 Å². The van der Waals surface area contributed by atoms with Crippen molar-refractivity contribution < 1.29 is 4.79 Å². The Bertz CT molecular complexity index is 664. The van der Waals surface area contributed by atoms with Crippen LogP contribution in [0.4, 0.5) is 11.5 Å². The Labute approximate surface area is 134 Å². The highest BCUT2D eigenvalue weighted by Gasteiger charge is 2.14. The molecule has 0 atom stereocenters. The molecule has 1 heterocycles. The fourth-order valence-electron chi connectivity index (χ4n) is 1.51. The Morgan fingerprint density at radius 3 is 2.65 bits per heavy atom. The number of nitrogens with zero attached hydrogens (tertiary/aromatic N) is 1. The van der Waals surface area contributed by atoms with E-state index < -0.39 is 5.91 Å². The first-order valence-electron chi connectivity index (χ1n) is 5.62. The van der Waals surface area contributed by atoms with Gasteiger partial charge in [0.2, 0.25) is 0 Å². The number of rotatable bonds is 3. The average molecular weight is 375 g/mol. The van der Waals surface area contributed by atoms with E-state index in [4.69, 9.17) is 23.2 Å². The van der Waals surface area contributed by atoms with Gasteiger partial charge in [0.25, 0.3) is 5.91 Å². The lowest BCUT2D eigenvalue weighted by Crippen LogP contribution is -2.15. The lowest BCUT2D eigenvalue weighted by Gasteiger charge is -2.09. The molecule has 0 aliphatic rings. The SMILES string of the molecule is CNc1ccc(Cl)c(C(=O)Nc2ccc(Cl)cc2Br)n1. The first kappa shape index (κ1) is 15.1. The number of carbonyl (C=O) groups is 1. The van der Waals surface area contributed by atoms with Crippen molar-refractivity contribution in [3.05, 3.63) is 50.5 Å². The highest BCUT2D eigenvalue weighted by Crippen LogP contribution is 2.27. The maximum absolute atomic E-state index is 12.2. The van der Waals surface area contributed by atoms with Crippen molar-refractivity contribution in [1.29, 1.82) is 0 Å². The predicted octanol–water partition coefficient (Wildman–Crippen LogP) is 4.44. The molecule has 2 rings (SSSR count). The molecule has 0 saturated heterocycles. The molecule has 104 valence electrons. The molecule has 0 aliphatic heterocycles. The van der Waals surface area contributed by atoms with E-state index in [1.54, 1.807) is 37.4 Å². The standard InChI is InChI=1S/C13H10BrCl2N3O/c1-17-11-5-3-9(16)12(19-11)13(20)18-10-4-2-7(15)6-8(10)14/h2-6H,1H3,(H,17,19)(H,18,20). The Kier molecular flexibility index (Phi) is 4.86. The summed E-state index contributed by atoms with van der Waals surface area (Å²) in [4.78, 5) is 16.3. The maximum Gasteiger partial charge on any atom is 0.275 e. The molecule has 0 spiro atoms. The Morgan fingerprint density at radius 1 is 1.25 bits per heavy atom. The maximum atomic E-state index is 12.2. The molecule has 0 aliphatic carbocycles. The molecule has 1 amide bonds. The summed E-state index contributed by atoms with van der Waals surface area (Å²) in [5.41, 5.74) is 0.743. The van der Waals surface area contributed by atoms with Crippen LogP contribution in [0.15, 0.2) is 34.8 Å². The fraction of sp³-hybridized carbons (Fsp3) is 0.0769. The van der Waals surface area contributed by atoms with E-state index in [9.17, 15) is 4.79 Å². The van der Waals surface area contributed by atoms with Crippen LogP contribution in [0.2, 0.25) is 10.0 Å². The summed E-state index contributed by atoms with van der Waals surface area (Å²) in [6, 6.07) is 8.38. The summed E-state index contributed by atoms with van der Waals surface area (Å²) in [5, 5.41) is 6.44. The van der Waals surface area contributed by atoms with Crippen molar-refractivity contribution in [2.24, 2.45) is 0 Å². The summed E-state index contributed by atoms with van der Waals surface area (Å²) in [6.45, 7) is 0. The van der Waals surface area contributed by atoms with Gasteiger partial charge in [0.15, 0.2) is 0 Å². The molecule has 2 N–H and O–H groups in total. The van der Waals surface area contributed by atoms with E-state index in [-0.39, 0.29) is 10.7 Å². The molecule has 1 aromatic heterocycles. The van der Waals surface area contributed by atoms with E-state index in [1.165, 1.54) is 0 Å². The van der Waals surface area contributed by atoms with E-state index in [2.05, 4.69) is 31.5 Å². The molecule has 4 nitrogen and oxygen atoms in total. The Balaban J connectivity index is 2.28. The Hall–Kier alpha value is -1.30. The minimum atomic E-state index is -0.393. The quantitative estimate of drug-likeness (QED) is 0.834. The third-order valence-corrected chi connectivity index (χ3v) is 3.69. The fourth-order valence-corrected chi connectivity index (χ4v) is 2.49. The largest absolute Gasteiger partial charge is 0.373 e. The number of carbonyl (C=O) groups excluding carboxylic acids is 1. The van der Waals surface area contributed by atoms with Crippen molar-refractivity contribution >= 4 is 56.5 Å². The first-order chi connectivity index (χ1) is 9.51. The predicted molar refractivity (Wildman–Crippen MR) is 85.9 cm³/mol. The van der Waals surface area contributed by atoms with Crippen LogP contribution >= 0.6 is 39.1 Å². The summed E-state index contributed by atoms with van der Waals surface area (Å²) < 4.78 is 0.680. The number of hydrogen-bond donors (Lipinski definition) is 2. The van der Waals surface area contributed by atoms with Crippen LogP contribution in [0.5, 0.6) is 0 Å². The van der Waals surface area contributed by atoms with Crippen LogP contribution in [0.25, 0.3) is 0 Å². The van der Waals surface area contributed by atoms with Crippen LogP contribution in [0.1, 0.15) is 10.5 Å². The number of aromatic nitrogens is 1. The van der Waals surface area contributed by atoms with Gasteiger partial charge >= 0.3 is 0 Å². The van der Waals surface area contributed by atoms with Crippen LogP contribution < -0.4 is 10.6 Å². The summed E-state index contributed by atoms with van der Waals surface area (Å²) in [7, 11) is 1.72. The van der Waals surface area contributed by atoms with Crippen molar-refractivity contribution in [3.63, 3.8) is 0 Å². The monoisotopic (exact) mass is 373 g/mol. The third kappa shape index (κ3) is 3.42. The number of anilines is 2. The molecule has 0 unspecified atom stereocenters. The van der Waals surface area contributed by atoms with E-state index in [0.29, 0.717) is 21.0 Å². The number of amides is 1. The highest BCUT2D eigenvalue weighted by molar-refractivity contribution is 9.10. The first-order valence-corrected chi connectivity index (χ1v) is 7.17. The van der Waals surface area contributed by atoms with Gasteiger partial charge in [-0.3, -0.25) is 4.79 Å². The van der Waals surface area contributed by atoms with Gasteiger partial charge < -0.3 is 10.6 Å². The lowest BCUT2D eigenvalue weighted by molar-refractivity contribution is 0.102. The van der Waals surface area contributed by atoms with Crippen LogP contribution in [0.3, 0.4) is 0 Å². The van der Waals surface area contributed by atoms with Gasteiger partial charge in [0, 0.05) is 16.5 Å². The number of benzene rings is 1. The third-order valence-electron chi connectivity index (χ3n) is 2.50. The number of hydrogen-bond acceptors (Lipinski definition) is 3. The molecule has 20 heavy (non-hydrogen) atoms. The number of nitrogens with one attached hydrogen (secondary N) is 2. The zero-order valence-corrected chi connectivity index (χ0v) is 13.5. The minimum Gasteiger partial charge on any atom is -0.373 e. The van der Waals surface area contributed by atoms with Gasteiger partial charge in [-0.05, 0) is 46.3 Å². The molecule has 0 saturated carbocycles. The van der Waals surface area contributed by atoms with Gasteiger partial charge in [-0.1, -0.05) is 23.2 Å². The second-order valence-corrected chi connectivity index (χ2v) is 5.55. The highest BCUT2D eigenvalue weighted by atomic mass is 79.9. The summed E-state index contributed by atoms with van der Waals surface area (Å²) in [5.74, 6) is 0.171. The second kappa shape index (κ2) is 6.43. The van der Waals surface area contributed by atoms with Crippen molar-refractivity contribution in [3.8, 4) is 0 Å². The van der Waals surface area contributed by atoms with Gasteiger partial charge in [-0.25, -0.2) is 4.98 Å². The minimum absolute atomic E-state index is 0.153. The van der Waals surface area contributed by atoms with Crippen LogP contribution in [0, 0.1) is 0 Å². The number of pyridine rings is 1. The molecular weight excluding hydrogens is 365 g/mol. The molecule has 0 fully saturated rings. The van der Waals surface area contributed by atoms with E-state index >= 15 is 0 Å². The van der Waals surface area contributed by atoms with Crippen LogP contribution in [-0.2, 0) is 0 Å². The zero-order valence-electron chi connectivity index (χ0n) is 10.4. The molecule has 0 radical (unpaired) electrons. The summed E-state index contributed by atoms with van der Waals surface area (Å²) >= 11 is 15.2.